The van der Waals surface area contributed by atoms with Crippen molar-refractivity contribution in [1.29, 1.82) is 0 Å². The Morgan fingerprint density at radius 3 is 2.13 bits per heavy atom. The van der Waals surface area contributed by atoms with Crippen molar-refractivity contribution >= 4 is 0 Å². The third-order valence-electron chi connectivity index (χ3n) is 16.1. The smallest absolute Gasteiger partial charge is 0.197 e. The predicted octanol–water partition coefficient (Wildman–Crippen LogP) is 2.24. The Hall–Kier alpha value is -0.400. The Bertz CT molecular complexity index is 1240. The normalized spacial score (nSPS) is 61.3. The SMILES string of the molecule is CC1(C)[C@@H](O[C@@H]2OC[C@@H](O)[C@H](O)[C@H]2O)CC[C@]23C[C@]24CC[C@]25CO[C@@]6(C(C)(C)O)CC[C@](C)(O6)[C@@H]2[C@@H](O)[C@@H](O)[C@@]5(C)[C@@H]4CC[C@@H]13. The molecule has 0 aromatic carbocycles. The number of hydrogen-bond acceptors (Lipinski definition) is 10. The van der Waals surface area contributed by atoms with Gasteiger partial charge in [-0.25, -0.2) is 0 Å². The number of aliphatic hydroxyl groups is 6. The summed E-state index contributed by atoms with van der Waals surface area (Å²) in [7, 11) is 0. The lowest BCUT2D eigenvalue weighted by Crippen LogP contribution is -2.63. The summed E-state index contributed by atoms with van der Waals surface area (Å²) < 4.78 is 25.6. The lowest BCUT2D eigenvalue weighted by Gasteiger charge is -2.64. The van der Waals surface area contributed by atoms with Crippen LogP contribution in [0.4, 0.5) is 0 Å². The van der Waals surface area contributed by atoms with Gasteiger partial charge >= 0.3 is 0 Å². The first kappa shape index (κ1) is 31.8. The van der Waals surface area contributed by atoms with Gasteiger partial charge in [0.05, 0.1) is 37.1 Å². The van der Waals surface area contributed by atoms with Crippen molar-refractivity contribution in [3.05, 3.63) is 0 Å². The topological polar surface area (TPSA) is 158 Å². The van der Waals surface area contributed by atoms with Crippen LogP contribution in [0.5, 0.6) is 0 Å². The van der Waals surface area contributed by atoms with Gasteiger partial charge in [-0.05, 0) is 100 Å². The average Bonchev–Trinajstić information content (AvgIpc) is 3.47. The molecule has 3 heterocycles. The van der Waals surface area contributed by atoms with Gasteiger partial charge in [0, 0.05) is 23.2 Å². The lowest BCUT2D eigenvalue weighted by atomic mass is 9.41. The molecule has 0 unspecified atom stereocenters. The molecule has 0 amide bonds. The number of fused-ring (bicyclic) bond motifs is 4. The van der Waals surface area contributed by atoms with Gasteiger partial charge in [-0.1, -0.05) is 20.8 Å². The predicted molar refractivity (Wildman–Crippen MR) is 160 cm³/mol. The molecule has 0 aromatic heterocycles. The Labute approximate surface area is 266 Å². The van der Waals surface area contributed by atoms with Crippen molar-refractivity contribution in [2.45, 2.75) is 159 Å². The van der Waals surface area contributed by atoms with Crippen molar-refractivity contribution in [3.63, 3.8) is 0 Å². The quantitative estimate of drug-likeness (QED) is 0.254. The molecule has 16 atom stereocenters. The van der Waals surface area contributed by atoms with Gasteiger partial charge < -0.3 is 49.6 Å². The number of rotatable bonds is 3. The van der Waals surface area contributed by atoms with E-state index in [1.54, 1.807) is 13.8 Å². The van der Waals surface area contributed by atoms with E-state index in [0.717, 1.165) is 44.9 Å². The lowest BCUT2D eigenvalue weighted by molar-refractivity contribution is -0.316. The van der Waals surface area contributed by atoms with Crippen molar-refractivity contribution in [2.75, 3.05) is 13.2 Å². The van der Waals surface area contributed by atoms with Crippen LogP contribution in [0.25, 0.3) is 0 Å². The molecule has 6 N–H and O–H groups in total. The number of ether oxygens (including phenoxy) is 4. The molecular formula is C35H56O10. The highest BCUT2D eigenvalue weighted by Gasteiger charge is 2.87. The Morgan fingerprint density at radius 1 is 0.756 bits per heavy atom. The first-order valence-corrected chi connectivity index (χ1v) is 17.6. The first-order valence-electron chi connectivity index (χ1n) is 17.6. The highest BCUT2D eigenvalue weighted by Crippen LogP contribution is 2.89. The van der Waals surface area contributed by atoms with Crippen LogP contribution in [0.2, 0.25) is 0 Å². The molecule has 0 aromatic rings. The zero-order valence-electron chi connectivity index (χ0n) is 27.9. The summed E-state index contributed by atoms with van der Waals surface area (Å²) in [5.74, 6) is -0.821. The van der Waals surface area contributed by atoms with Gasteiger partial charge in [-0.15, -0.1) is 0 Å². The molecule has 5 saturated carbocycles. The minimum atomic E-state index is -1.31. The van der Waals surface area contributed by atoms with Crippen LogP contribution in [0, 0.1) is 44.8 Å². The second kappa shape index (κ2) is 9.23. The van der Waals surface area contributed by atoms with E-state index in [2.05, 4.69) is 27.7 Å². The summed E-state index contributed by atoms with van der Waals surface area (Å²) in [5.41, 5.74) is -3.01. The third kappa shape index (κ3) is 3.56. The third-order valence-corrected chi connectivity index (χ3v) is 16.1. The van der Waals surface area contributed by atoms with Gasteiger partial charge in [-0.2, -0.15) is 0 Å². The van der Waals surface area contributed by atoms with Crippen molar-refractivity contribution < 1.29 is 49.6 Å². The van der Waals surface area contributed by atoms with Crippen LogP contribution >= 0.6 is 0 Å². The zero-order valence-corrected chi connectivity index (χ0v) is 27.9. The Morgan fingerprint density at radius 2 is 1.42 bits per heavy atom. The van der Waals surface area contributed by atoms with Crippen LogP contribution in [0.1, 0.15) is 99.3 Å². The largest absolute Gasteiger partial charge is 0.390 e. The van der Waals surface area contributed by atoms with Crippen LogP contribution in [-0.4, -0.2) is 104 Å². The van der Waals surface area contributed by atoms with Crippen molar-refractivity contribution in [3.8, 4) is 0 Å². The molecule has 10 heteroatoms. The van der Waals surface area contributed by atoms with E-state index in [0.29, 0.717) is 25.4 Å². The number of aliphatic hydroxyl groups excluding tert-OH is 5. The van der Waals surface area contributed by atoms with Gasteiger partial charge in [0.1, 0.15) is 23.9 Å². The molecule has 45 heavy (non-hydrogen) atoms. The van der Waals surface area contributed by atoms with E-state index in [1.165, 1.54) is 0 Å². The fraction of sp³-hybridized carbons (Fsp3) is 1.00. The van der Waals surface area contributed by atoms with Crippen molar-refractivity contribution in [2.24, 2.45) is 44.8 Å². The maximum absolute atomic E-state index is 12.2. The Balaban J connectivity index is 1.11. The first-order chi connectivity index (χ1) is 20.9. The molecule has 256 valence electrons. The highest BCUT2D eigenvalue weighted by atomic mass is 16.7. The average molecular weight is 637 g/mol. The minimum absolute atomic E-state index is 0.0654. The summed E-state index contributed by atoms with van der Waals surface area (Å²) in [6, 6.07) is 0. The molecule has 3 spiro atoms. The minimum Gasteiger partial charge on any atom is -0.390 e. The molecule has 0 radical (unpaired) electrons. The Kier molecular flexibility index (Phi) is 6.53. The molecule has 3 aliphatic heterocycles. The van der Waals surface area contributed by atoms with Gasteiger partial charge in [-0.3, -0.25) is 0 Å². The molecule has 3 saturated heterocycles. The summed E-state index contributed by atoms with van der Waals surface area (Å²) >= 11 is 0. The molecule has 10 nitrogen and oxygen atoms in total. The molecule has 8 aliphatic rings. The monoisotopic (exact) mass is 636 g/mol. The zero-order chi connectivity index (χ0) is 32.4. The molecule has 8 fully saturated rings. The van der Waals surface area contributed by atoms with E-state index in [4.69, 9.17) is 18.9 Å². The fourth-order valence-electron chi connectivity index (χ4n) is 13.9. The second-order valence-electron chi connectivity index (χ2n) is 18.3. The van der Waals surface area contributed by atoms with Gasteiger partial charge in [0.2, 0.25) is 0 Å². The summed E-state index contributed by atoms with van der Waals surface area (Å²) in [6.45, 7) is 12.6. The van der Waals surface area contributed by atoms with E-state index in [1.807, 2.05) is 0 Å². The van der Waals surface area contributed by atoms with Gasteiger partial charge in [0.25, 0.3) is 0 Å². The summed E-state index contributed by atoms with van der Waals surface area (Å²) in [4.78, 5) is 0. The fourth-order valence-corrected chi connectivity index (χ4v) is 13.9. The second-order valence-corrected chi connectivity index (χ2v) is 18.3. The standard InChI is InChI=1S/C35H56O10/c1-28(2)19-7-8-20-31(6)26(40)24(39)25-30(5)11-14-35(45-30,29(3,4)41)43-17-34(25,31)13-12-33(20)16-32(19,33)10-9-21(28)44-27-23(38)22(37)18(36)15-42-27/h18-27,36-41H,7-17H2,1-6H3/t18-,19+,20+,21+,22+,23-,24-,25+,26-,27+,30+,31-,32-,33+,34+,35+/m1/s1. The number of hydrogen-bond donors (Lipinski definition) is 6. The van der Waals surface area contributed by atoms with Gasteiger partial charge in [0.15, 0.2) is 12.1 Å². The van der Waals surface area contributed by atoms with E-state index in [9.17, 15) is 30.6 Å². The maximum Gasteiger partial charge on any atom is 0.197 e. The van der Waals surface area contributed by atoms with Crippen LogP contribution in [0.15, 0.2) is 0 Å². The van der Waals surface area contributed by atoms with Crippen LogP contribution in [0.3, 0.4) is 0 Å². The molecule has 2 bridgehead atoms. The van der Waals surface area contributed by atoms with E-state index < -0.39 is 64.6 Å². The van der Waals surface area contributed by atoms with E-state index >= 15 is 0 Å². The highest BCUT2D eigenvalue weighted by molar-refractivity contribution is 5.34. The summed E-state index contributed by atoms with van der Waals surface area (Å²) in [5, 5.41) is 66.2. The van der Waals surface area contributed by atoms with E-state index in [-0.39, 0.29) is 40.8 Å². The van der Waals surface area contributed by atoms with Crippen LogP contribution < -0.4 is 0 Å². The summed E-state index contributed by atoms with van der Waals surface area (Å²) in [6.07, 6.45) is 1.20. The molecule has 8 rings (SSSR count). The maximum atomic E-state index is 12.2. The van der Waals surface area contributed by atoms with Crippen molar-refractivity contribution in [1.82, 2.24) is 0 Å². The molecular weight excluding hydrogens is 580 g/mol. The molecule has 5 aliphatic carbocycles. The van der Waals surface area contributed by atoms with Crippen LogP contribution in [-0.2, 0) is 18.9 Å².